The number of nitrogens with zero attached hydrogens (tertiary/aromatic N) is 2. The van der Waals surface area contributed by atoms with Gasteiger partial charge in [0.1, 0.15) is 0 Å². The van der Waals surface area contributed by atoms with E-state index in [2.05, 4.69) is 21.0 Å². The second-order valence-corrected chi connectivity index (χ2v) is 4.58. The van der Waals surface area contributed by atoms with Gasteiger partial charge in [-0.15, -0.1) is 0 Å². The first-order valence-electron chi connectivity index (χ1n) is 5.26. The van der Waals surface area contributed by atoms with Crippen LogP contribution in [-0.4, -0.2) is 16.9 Å². The molecular weight excluding hydrogens is 282 g/mol. The zero-order valence-corrected chi connectivity index (χ0v) is 11.4. The predicted molar refractivity (Wildman–Crippen MR) is 70.4 cm³/mol. The average Bonchev–Trinajstić information content (AvgIpc) is 2.65. The van der Waals surface area contributed by atoms with Gasteiger partial charge in [0.05, 0.1) is 24.1 Å². The number of rotatable bonds is 3. The predicted octanol–water partition coefficient (Wildman–Crippen LogP) is 2.41. The van der Waals surface area contributed by atoms with Gasteiger partial charge in [0.25, 0.3) is 0 Å². The maximum atomic E-state index is 5.71. The van der Waals surface area contributed by atoms with Crippen molar-refractivity contribution >= 4 is 15.9 Å². The molecule has 0 radical (unpaired) electrons. The Morgan fingerprint density at radius 3 is 2.82 bits per heavy atom. The SMILES string of the molecule is COc1c(CN)c(C)nn1-c1cccc(Br)c1. The minimum absolute atomic E-state index is 0.420. The van der Waals surface area contributed by atoms with E-state index in [1.54, 1.807) is 11.8 Å². The minimum Gasteiger partial charge on any atom is -0.481 e. The van der Waals surface area contributed by atoms with E-state index in [4.69, 9.17) is 10.5 Å². The number of hydrogen-bond acceptors (Lipinski definition) is 3. The van der Waals surface area contributed by atoms with Crippen LogP contribution in [0.3, 0.4) is 0 Å². The Morgan fingerprint density at radius 1 is 1.47 bits per heavy atom. The van der Waals surface area contributed by atoms with Crippen LogP contribution in [0.5, 0.6) is 5.88 Å². The van der Waals surface area contributed by atoms with Crippen LogP contribution in [0.1, 0.15) is 11.3 Å². The minimum atomic E-state index is 0.420. The number of benzene rings is 1. The second-order valence-electron chi connectivity index (χ2n) is 3.67. The van der Waals surface area contributed by atoms with Crippen LogP contribution in [0.2, 0.25) is 0 Å². The third kappa shape index (κ3) is 2.21. The number of aryl methyl sites for hydroxylation is 1. The Morgan fingerprint density at radius 2 is 2.24 bits per heavy atom. The summed E-state index contributed by atoms with van der Waals surface area (Å²) in [7, 11) is 1.63. The summed E-state index contributed by atoms with van der Waals surface area (Å²) in [6, 6.07) is 7.88. The molecule has 1 heterocycles. The van der Waals surface area contributed by atoms with Gasteiger partial charge in [0.2, 0.25) is 5.88 Å². The van der Waals surface area contributed by atoms with Crippen LogP contribution < -0.4 is 10.5 Å². The van der Waals surface area contributed by atoms with Crippen molar-refractivity contribution in [1.29, 1.82) is 0 Å². The Hall–Kier alpha value is -1.33. The molecule has 2 rings (SSSR count). The number of hydrogen-bond donors (Lipinski definition) is 1. The van der Waals surface area contributed by atoms with Crippen LogP contribution in [0.25, 0.3) is 5.69 Å². The van der Waals surface area contributed by atoms with Gasteiger partial charge >= 0.3 is 0 Å². The molecule has 0 aliphatic heterocycles. The molecular formula is C12H14BrN3O. The smallest absolute Gasteiger partial charge is 0.221 e. The lowest BCUT2D eigenvalue weighted by Gasteiger charge is -2.07. The highest BCUT2D eigenvalue weighted by atomic mass is 79.9. The van der Waals surface area contributed by atoms with Gasteiger partial charge in [-0.3, -0.25) is 0 Å². The molecule has 0 saturated heterocycles. The van der Waals surface area contributed by atoms with Crippen molar-refractivity contribution in [2.75, 3.05) is 7.11 Å². The highest BCUT2D eigenvalue weighted by molar-refractivity contribution is 9.10. The van der Waals surface area contributed by atoms with Crippen LogP contribution >= 0.6 is 15.9 Å². The van der Waals surface area contributed by atoms with Gasteiger partial charge in [-0.1, -0.05) is 22.0 Å². The van der Waals surface area contributed by atoms with E-state index in [1.807, 2.05) is 31.2 Å². The zero-order valence-electron chi connectivity index (χ0n) is 9.77. The Labute approximate surface area is 109 Å². The number of halogens is 1. The lowest BCUT2D eigenvalue weighted by Crippen LogP contribution is -2.02. The molecule has 90 valence electrons. The molecule has 0 aliphatic carbocycles. The summed E-state index contributed by atoms with van der Waals surface area (Å²) in [5.74, 6) is 0.697. The van der Waals surface area contributed by atoms with Gasteiger partial charge in [0, 0.05) is 11.0 Å². The van der Waals surface area contributed by atoms with Gasteiger partial charge < -0.3 is 10.5 Å². The van der Waals surface area contributed by atoms with Crippen LogP contribution in [0, 0.1) is 6.92 Å². The average molecular weight is 296 g/mol. The van der Waals surface area contributed by atoms with Crippen molar-refractivity contribution in [2.24, 2.45) is 5.73 Å². The van der Waals surface area contributed by atoms with E-state index in [0.29, 0.717) is 12.4 Å². The highest BCUT2D eigenvalue weighted by Gasteiger charge is 2.15. The summed E-state index contributed by atoms with van der Waals surface area (Å²) in [5, 5.41) is 4.45. The van der Waals surface area contributed by atoms with Crippen molar-refractivity contribution in [3.05, 3.63) is 40.0 Å². The van der Waals surface area contributed by atoms with Crippen LogP contribution in [-0.2, 0) is 6.54 Å². The van der Waals surface area contributed by atoms with E-state index in [0.717, 1.165) is 21.4 Å². The Bertz CT molecular complexity index is 537. The maximum Gasteiger partial charge on any atom is 0.221 e. The molecule has 17 heavy (non-hydrogen) atoms. The first-order valence-corrected chi connectivity index (χ1v) is 6.05. The summed E-state index contributed by atoms with van der Waals surface area (Å²) in [4.78, 5) is 0. The fourth-order valence-electron chi connectivity index (χ4n) is 1.77. The molecule has 0 atom stereocenters. The molecule has 0 aliphatic rings. The number of methoxy groups -OCH3 is 1. The largest absolute Gasteiger partial charge is 0.481 e. The van der Waals surface area contributed by atoms with Crippen molar-refractivity contribution < 1.29 is 4.74 Å². The van der Waals surface area contributed by atoms with Crippen LogP contribution in [0.15, 0.2) is 28.7 Å². The zero-order chi connectivity index (χ0) is 12.4. The first kappa shape index (κ1) is 12.1. The lowest BCUT2D eigenvalue weighted by molar-refractivity contribution is 0.379. The first-order chi connectivity index (χ1) is 8.17. The summed E-state index contributed by atoms with van der Waals surface area (Å²) in [6.07, 6.45) is 0. The second kappa shape index (κ2) is 4.89. The third-order valence-corrected chi connectivity index (χ3v) is 3.08. The van der Waals surface area contributed by atoms with E-state index < -0.39 is 0 Å². The molecule has 5 heteroatoms. The quantitative estimate of drug-likeness (QED) is 0.946. The number of nitrogens with two attached hydrogens (primary N) is 1. The fourth-order valence-corrected chi connectivity index (χ4v) is 2.15. The lowest BCUT2D eigenvalue weighted by atomic mass is 10.2. The van der Waals surface area contributed by atoms with Crippen LogP contribution in [0.4, 0.5) is 0 Å². The molecule has 0 spiro atoms. The molecule has 0 saturated carbocycles. The number of ether oxygens (including phenoxy) is 1. The third-order valence-electron chi connectivity index (χ3n) is 2.59. The normalized spacial score (nSPS) is 10.6. The van der Waals surface area contributed by atoms with Crippen molar-refractivity contribution in [1.82, 2.24) is 9.78 Å². The van der Waals surface area contributed by atoms with Gasteiger partial charge in [0.15, 0.2) is 0 Å². The molecule has 2 N–H and O–H groups in total. The molecule has 0 bridgehead atoms. The molecule has 0 amide bonds. The van der Waals surface area contributed by atoms with Crippen molar-refractivity contribution in [2.45, 2.75) is 13.5 Å². The highest BCUT2D eigenvalue weighted by Crippen LogP contribution is 2.26. The topological polar surface area (TPSA) is 53.1 Å². The molecule has 1 aromatic heterocycles. The summed E-state index contributed by atoms with van der Waals surface area (Å²) in [5.41, 5.74) is 8.48. The summed E-state index contributed by atoms with van der Waals surface area (Å²) >= 11 is 3.44. The van der Waals surface area contributed by atoms with E-state index in [-0.39, 0.29) is 0 Å². The Balaban J connectivity index is 2.59. The Kier molecular flexibility index (Phi) is 3.49. The molecule has 0 fully saturated rings. The standard InChI is InChI=1S/C12H14BrN3O/c1-8-11(7-14)12(17-2)16(15-8)10-5-3-4-9(13)6-10/h3-6H,7,14H2,1-2H3. The molecule has 1 aromatic carbocycles. The van der Waals surface area contributed by atoms with E-state index >= 15 is 0 Å². The van der Waals surface area contributed by atoms with E-state index in [9.17, 15) is 0 Å². The van der Waals surface area contributed by atoms with Crippen molar-refractivity contribution in [3.63, 3.8) is 0 Å². The summed E-state index contributed by atoms with van der Waals surface area (Å²) < 4.78 is 8.15. The number of aromatic nitrogens is 2. The molecule has 0 unspecified atom stereocenters. The van der Waals surface area contributed by atoms with Gasteiger partial charge in [-0.05, 0) is 25.1 Å². The molecule has 4 nitrogen and oxygen atoms in total. The summed E-state index contributed by atoms with van der Waals surface area (Å²) in [6.45, 7) is 2.35. The monoisotopic (exact) mass is 295 g/mol. The van der Waals surface area contributed by atoms with Gasteiger partial charge in [-0.25, -0.2) is 4.68 Å². The maximum absolute atomic E-state index is 5.71. The molecule has 2 aromatic rings. The fraction of sp³-hybridized carbons (Fsp3) is 0.250. The van der Waals surface area contributed by atoms with Gasteiger partial charge in [-0.2, -0.15) is 5.10 Å². The van der Waals surface area contributed by atoms with Crippen molar-refractivity contribution in [3.8, 4) is 11.6 Å². The van der Waals surface area contributed by atoms with E-state index in [1.165, 1.54) is 0 Å².